The highest BCUT2D eigenvalue weighted by Gasteiger charge is 2.23. The Morgan fingerprint density at radius 3 is 2.29 bits per heavy atom. The predicted molar refractivity (Wildman–Crippen MR) is 112 cm³/mol. The van der Waals surface area contributed by atoms with Crippen LogP contribution in [-0.4, -0.2) is 27.5 Å². The summed E-state index contributed by atoms with van der Waals surface area (Å²) in [6.45, 7) is 9.36. The molecule has 7 heteroatoms. The van der Waals surface area contributed by atoms with Crippen molar-refractivity contribution in [1.82, 2.24) is 5.32 Å². The molecule has 0 fully saturated rings. The Bertz CT molecular complexity index is 966. The molecule has 0 aliphatic rings. The zero-order valence-electron chi connectivity index (χ0n) is 17.2. The predicted octanol–water partition coefficient (Wildman–Crippen LogP) is 4.07. The van der Waals surface area contributed by atoms with Gasteiger partial charge in [-0.15, -0.1) is 0 Å². The van der Waals surface area contributed by atoms with Gasteiger partial charge in [-0.3, -0.25) is 9.52 Å². The molecular weight excluding hydrogens is 376 g/mol. The Kier molecular flexibility index (Phi) is 6.72. The van der Waals surface area contributed by atoms with E-state index in [9.17, 15) is 13.2 Å². The van der Waals surface area contributed by atoms with Crippen LogP contribution in [0.15, 0.2) is 41.3 Å². The maximum absolute atomic E-state index is 13.1. The topological polar surface area (TPSA) is 84.5 Å². The largest absolute Gasteiger partial charge is 0.496 e. The van der Waals surface area contributed by atoms with Crippen molar-refractivity contribution in [3.63, 3.8) is 0 Å². The first-order chi connectivity index (χ1) is 13.1. The zero-order chi connectivity index (χ0) is 21.1. The number of carbonyl (C=O) groups excluding carboxylic acids is 1. The number of benzene rings is 2. The van der Waals surface area contributed by atoms with Crippen molar-refractivity contribution in [3.8, 4) is 5.75 Å². The molecule has 0 atom stereocenters. The molecule has 2 aromatic carbocycles. The summed E-state index contributed by atoms with van der Waals surface area (Å²) in [5.74, 6) is 0.416. The van der Waals surface area contributed by atoms with Crippen molar-refractivity contribution < 1.29 is 17.9 Å². The van der Waals surface area contributed by atoms with Crippen LogP contribution in [0.3, 0.4) is 0 Å². The molecule has 2 rings (SSSR count). The Labute approximate surface area is 167 Å². The average molecular weight is 405 g/mol. The second-order valence-electron chi connectivity index (χ2n) is 7.29. The van der Waals surface area contributed by atoms with Crippen molar-refractivity contribution in [1.29, 1.82) is 0 Å². The second kappa shape index (κ2) is 8.65. The highest BCUT2D eigenvalue weighted by Crippen LogP contribution is 2.32. The first-order valence-electron chi connectivity index (χ1n) is 9.18. The Morgan fingerprint density at radius 1 is 1.07 bits per heavy atom. The fourth-order valence-electron chi connectivity index (χ4n) is 2.90. The molecule has 0 saturated heterocycles. The number of amides is 1. The lowest BCUT2D eigenvalue weighted by Crippen LogP contribution is -2.31. The number of carbonyl (C=O) groups is 1. The molecule has 1 amide bonds. The monoisotopic (exact) mass is 404 g/mol. The number of nitrogens with one attached hydrogen (secondary N) is 2. The molecule has 0 aliphatic carbocycles. The number of methoxy groups -OCH3 is 1. The van der Waals surface area contributed by atoms with Crippen LogP contribution in [0.1, 0.15) is 55.1 Å². The highest BCUT2D eigenvalue weighted by atomic mass is 32.2. The number of para-hydroxylation sites is 1. The fraction of sp³-hybridized carbons (Fsp3) is 0.381. The third-order valence-electron chi connectivity index (χ3n) is 4.27. The van der Waals surface area contributed by atoms with E-state index in [0.717, 1.165) is 5.56 Å². The second-order valence-corrected chi connectivity index (χ2v) is 8.94. The molecular formula is C21H28N2O4S. The third kappa shape index (κ3) is 4.84. The molecule has 0 heterocycles. The zero-order valence-corrected chi connectivity index (χ0v) is 18.0. The molecule has 28 heavy (non-hydrogen) atoms. The quantitative estimate of drug-likeness (QED) is 0.729. The van der Waals surface area contributed by atoms with Gasteiger partial charge in [0, 0.05) is 6.04 Å². The SMILES string of the molecule is COc1cc(C)c(S(=O)(=O)Nc2ccccc2C(=O)NC(C)C)cc1C(C)C. The summed E-state index contributed by atoms with van der Waals surface area (Å²) in [4.78, 5) is 12.6. The van der Waals surface area contributed by atoms with E-state index >= 15 is 0 Å². The molecule has 2 N–H and O–H groups in total. The Hall–Kier alpha value is -2.54. The first-order valence-corrected chi connectivity index (χ1v) is 10.7. The van der Waals surface area contributed by atoms with Gasteiger partial charge in [0.2, 0.25) is 0 Å². The summed E-state index contributed by atoms with van der Waals surface area (Å²) in [6.07, 6.45) is 0. The Morgan fingerprint density at radius 2 is 1.71 bits per heavy atom. The van der Waals surface area contributed by atoms with E-state index in [1.807, 2.05) is 27.7 Å². The summed E-state index contributed by atoms with van der Waals surface area (Å²) >= 11 is 0. The number of ether oxygens (including phenoxy) is 1. The molecule has 0 spiro atoms. The van der Waals surface area contributed by atoms with Crippen molar-refractivity contribution in [2.24, 2.45) is 0 Å². The van der Waals surface area contributed by atoms with E-state index < -0.39 is 10.0 Å². The van der Waals surface area contributed by atoms with Gasteiger partial charge < -0.3 is 10.1 Å². The smallest absolute Gasteiger partial charge is 0.262 e. The maximum atomic E-state index is 13.1. The lowest BCUT2D eigenvalue weighted by molar-refractivity contribution is 0.0944. The number of hydrogen-bond acceptors (Lipinski definition) is 4. The lowest BCUT2D eigenvalue weighted by Gasteiger charge is -2.18. The van der Waals surface area contributed by atoms with Crippen molar-refractivity contribution in [2.75, 3.05) is 11.8 Å². The van der Waals surface area contributed by atoms with E-state index in [2.05, 4.69) is 10.0 Å². The van der Waals surface area contributed by atoms with Gasteiger partial charge >= 0.3 is 0 Å². The van der Waals surface area contributed by atoms with Crippen LogP contribution in [0.4, 0.5) is 5.69 Å². The normalized spacial score (nSPS) is 11.6. The molecule has 6 nitrogen and oxygen atoms in total. The van der Waals surface area contributed by atoms with Gasteiger partial charge in [-0.1, -0.05) is 26.0 Å². The summed E-state index contributed by atoms with van der Waals surface area (Å²) in [5.41, 5.74) is 1.88. The van der Waals surface area contributed by atoms with E-state index in [1.165, 1.54) is 0 Å². The van der Waals surface area contributed by atoms with E-state index in [1.54, 1.807) is 50.4 Å². The fourth-order valence-corrected chi connectivity index (χ4v) is 4.25. The standard InChI is InChI=1S/C21H28N2O4S/c1-13(2)17-12-20(15(5)11-19(17)27-6)28(25,26)23-18-10-8-7-9-16(18)21(24)22-14(3)4/h7-14,23H,1-6H3,(H,22,24). The van der Waals surface area contributed by atoms with E-state index in [0.29, 0.717) is 11.3 Å². The first kappa shape index (κ1) is 21.8. The third-order valence-corrected chi connectivity index (χ3v) is 5.78. The summed E-state index contributed by atoms with van der Waals surface area (Å²) in [6, 6.07) is 9.85. The molecule has 152 valence electrons. The number of anilines is 1. The van der Waals surface area contributed by atoms with Gasteiger partial charge in [0.25, 0.3) is 15.9 Å². The molecule has 0 radical (unpaired) electrons. The molecule has 0 unspecified atom stereocenters. The minimum absolute atomic E-state index is 0.0606. The average Bonchev–Trinajstić information content (AvgIpc) is 2.60. The van der Waals surface area contributed by atoms with Gasteiger partial charge in [0.1, 0.15) is 5.75 Å². The van der Waals surface area contributed by atoms with Crippen LogP contribution < -0.4 is 14.8 Å². The van der Waals surface area contributed by atoms with Gasteiger partial charge in [0.05, 0.1) is 23.3 Å². The number of sulfonamides is 1. The molecule has 0 bridgehead atoms. The van der Waals surface area contributed by atoms with Gasteiger partial charge in [-0.05, 0) is 62.1 Å². The van der Waals surface area contributed by atoms with E-state index in [4.69, 9.17) is 4.74 Å². The van der Waals surface area contributed by atoms with Crippen LogP contribution in [0.5, 0.6) is 5.75 Å². The van der Waals surface area contributed by atoms with Crippen LogP contribution >= 0.6 is 0 Å². The number of aryl methyl sites for hydroxylation is 1. The van der Waals surface area contributed by atoms with Crippen molar-refractivity contribution in [3.05, 3.63) is 53.1 Å². The summed E-state index contributed by atoms with van der Waals surface area (Å²) < 4.78 is 34.2. The van der Waals surface area contributed by atoms with Crippen molar-refractivity contribution in [2.45, 2.75) is 51.5 Å². The van der Waals surface area contributed by atoms with Crippen LogP contribution in [0.2, 0.25) is 0 Å². The summed E-state index contributed by atoms with van der Waals surface area (Å²) in [7, 11) is -2.33. The van der Waals surface area contributed by atoms with Crippen LogP contribution in [0, 0.1) is 6.92 Å². The minimum atomic E-state index is -3.90. The van der Waals surface area contributed by atoms with Gasteiger partial charge in [0.15, 0.2) is 0 Å². The molecule has 0 saturated carbocycles. The minimum Gasteiger partial charge on any atom is -0.496 e. The molecule has 0 aliphatic heterocycles. The van der Waals surface area contributed by atoms with E-state index in [-0.39, 0.29) is 34.0 Å². The molecule has 0 aromatic heterocycles. The maximum Gasteiger partial charge on any atom is 0.262 e. The van der Waals surface area contributed by atoms with Crippen molar-refractivity contribution >= 4 is 21.6 Å². The highest BCUT2D eigenvalue weighted by molar-refractivity contribution is 7.92. The van der Waals surface area contributed by atoms with Crippen LogP contribution in [-0.2, 0) is 10.0 Å². The number of hydrogen-bond donors (Lipinski definition) is 2. The summed E-state index contributed by atoms with van der Waals surface area (Å²) in [5, 5.41) is 2.79. The number of rotatable bonds is 7. The van der Waals surface area contributed by atoms with Gasteiger partial charge in [-0.2, -0.15) is 0 Å². The van der Waals surface area contributed by atoms with Crippen LogP contribution in [0.25, 0.3) is 0 Å². The Balaban J connectivity index is 2.48. The molecule has 2 aromatic rings. The van der Waals surface area contributed by atoms with Gasteiger partial charge in [-0.25, -0.2) is 8.42 Å². The lowest BCUT2D eigenvalue weighted by atomic mass is 10.0.